The number of carboxylic acids is 1. The van der Waals surface area contributed by atoms with Gasteiger partial charge >= 0.3 is 5.97 Å². The maximum Gasteiger partial charge on any atom is 0.304 e. The van der Waals surface area contributed by atoms with Crippen LogP contribution >= 0.6 is 0 Å². The van der Waals surface area contributed by atoms with Gasteiger partial charge in [0, 0.05) is 6.04 Å². The summed E-state index contributed by atoms with van der Waals surface area (Å²) < 4.78 is 25.8. The molecule has 1 atom stereocenters. The zero-order valence-electron chi connectivity index (χ0n) is 10.2. The first kappa shape index (κ1) is 14.4. The van der Waals surface area contributed by atoms with Gasteiger partial charge in [0.05, 0.1) is 12.2 Å². The van der Waals surface area contributed by atoms with E-state index >= 15 is 0 Å². The zero-order chi connectivity index (χ0) is 12.9. The van der Waals surface area contributed by atoms with Gasteiger partial charge in [-0.05, 0) is 25.7 Å². The summed E-state index contributed by atoms with van der Waals surface area (Å²) in [5, 5.41) is 8.47. The number of carbonyl (C=O) groups is 1. The van der Waals surface area contributed by atoms with E-state index in [9.17, 15) is 13.2 Å². The fraction of sp³-hybridized carbons (Fsp3) is 0.909. The molecule has 1 fully saturated rings. The molecule has 0 aromatic rings. The first-order chi connectivity index (χ1) is 7.91. The van der Waals surface area contributed by atoms with Crippen molar-refractivity contribution in [2.45, 2.75) is 51.5 Å². The molecule has 100 valence electrons. The van der Waals surface area contributed by atoms with Crippen LogP contribution < -0.4 is 4.72 Å². The van der Waals surface area contributed by atoms with Gasteiger partial charge in [0.25, 0.3) is 0 Å². The minimum Gasteiger partial charge on any atom is -0.481 e. The van der Waals surface area contributed by atoms with Crippen LogP contribution in [0, 0.1) is 5.92 Å². The van der Waals surface area contributed by atoms with Crippen molar-refractivity contribution in [1.29, 1.82) is 0 Å². The number of hydrogen-bond acceptors (Lipinski definition) is 3. The monoisotopic (exact) mass is 263 g/mol. The van der Waals surface area contributed by atoms with E-state index in [1.165, 1.54) is 6.42 Å². The smallest absolute Gasteiger partial charge is 0.304 e. The van der Waals surface area contributed by atoms with Gasteiger partial charge < -0.3 is 5.11 Å². The molecule has 0 spiro atoms. The first-order valence-electron chi connectivity index (χ1n) is 6.12. The molecule has 0 aliphatic heterocycles. The lowest BCUT2D eigenvalue weighted by molar-refractivity contribution is -0.136. The van der Waals surface area contributed by atoms with Crippen LogP contribution in [-0.2, 0) is 14.8 Å². The van der Waals surface area contributed by atoms with Crippen LogP contribution in [0.4, 0.5) is 0 Å². The zero-order valence-corrected chi connectivity index (χ0v) is 11.0. The maximum absolute atomic E-state index is 11.6. The largest absolute Gasteiger partial charge is 0.481 e. The molecular weight excluding hydrogens is 242 g/mol. The van der Waals surface area contributed by atoms with Crippen molar-refractivity contribution in [2.75, 3.05) is 5.75 Å². The minimum absolute atomic E-state index is 0.0888. The Morgan fingerprint density at radius 1 is 1.35 bits per heavy atom. The molecule has 5 nitrogen and oxygen atoms in total. The van der Waals surface area contributed by atoms with E-state index in [1.807, 2.05) is 6.92 Å². The highest BCUT2D eigenvalue weighted by Gasteiger charge is 2.24. The lowest BCUT2D eigenvalue weighted by Crippen LogP contribution is -2.40. The summed E-state index contributed by atoms with van der Waals surface area (Å²) in [6.07, 6.45) is 5.32. The fourth-order valence-corrected chi connectivity index (χ4v) is 3.61. The molecule has 0 aromatic heterocycles. The first-order valence-corrected chi connectivity index (χ1v) is 7.78. The molecule has 0 bridgehead atoms. The van der Waals surface area contributed by atoms with Gasteiger partial charge in [-0.15, -0.1) is 0 Å². The van der Waals surface area contributed by atoms with Crippen LogP contribution in [0.25, 0.3) is 0 Å². The average molecular weight is 263 g/mol. The van der Waals surface area contributed by atoms with E-state index < -0.39 is 16.0 Å². The van der Waals surface area contributed by atoms with Crippen molar-refractivity contribution in [3.8, 4) is 0 Å². The molecule has 0 heterocycles. The molecule has 2 N–H and O–H groups in total. The van der Waals surface area contributed by atoms with Crippen molar-refractivity contribution < 1.29 is 18.3 Å². The number of sulfonamides is 1. The van der Waals surface area contributed by atoms with Crippen LogP contribution in [0.5, 0.6) is 0 Å². The Balaban J connectivity index is 2.42. The van der Waals surface area contributed by atoms with E-state index in [-0.39, 0.29) is 18.2 Å². The number of carboxylic acid groups (broad SMARTS) is 1. The van der Waals surface area contributed by atoms with Crippen LogP contribution in [0.3, 0.4) is 0 Å². The SMILES string of the molecule is CC(NS(=O)(=O)CCC(=O)O)C1CCCCC1. The van der Waals surface area contributed by atoms with Crippen molar-refractivity contribution in [3.63, 3.8) is 0 Å². The predicted molar refractivity (Wildman–Crippen MR) is 65.2 cm³/mol. The minimum atomic E-state index is -3.46. The van der Waals surface area contributed by atoms with Gasteiger partial charge in [-0.25, -0.2) is 13.1 Å². The summed E-state index contributed by atoms with van der Waals surface area (Å²) >= 11 is 0. The van der Waals surface area contributed by atoms with Crippen LogP contribution in [0.15, 0.2) is 0 Å². The second-order valence-electron chi connectivity index (χ2n) is 4.77. The third-order valence-corrected chi connectivity index (χ3v) is 4.78. The molecule has 1 unspecified atom stereocenters. The molecule has 1 rings (SSSR count). The topological polar surface area (TPSA) is 83.5 Å². The molecular formula is C11H21NO4S. The van der Waals surface area contributed by atoms with E-state index in [4.69, 9.17) is 5.11 Å². The van der Waals surface area contributed by atoms with Crippen molar-refractivity contribution in [3.05, 3.63) is 0 Å². The maximum atomic E-state index is 11.6. The number of aliphatic carboxylic acids is 1. The van der Waals surface area contributed by atoms with E-state index in [2.05, 4.69) is 4.72 Å². The lowest BCUT2D eigenvalue weighted by Gasteiger charge is -2.28. The Kier molecular flexibility index (Phi) is 5.39. The van der Waals surface area contributed by atoms with Gasteiger partial charge in [0.15, 0.2) is 0 Å². The number of hydrogen-bond donors (Lipinski definition) is 2. The van der Waals surface area contributed by atoms with Gasteiger partial charge in [0.1, 0.15) is 0 Å². The van der Waals surface area contributed by atoms with Crippen molar-refractivity contribution in [1.82, 2.24) is 4.72 Å². The van der Waals surface area contributed by atoms with Crippen molar-refractivity contribution >= 4 is 16.0 Å². The third kappa shape index (κ3) is 5.50. The fourth-order valence-electron chi connectivity index (χ4n) is 2.29. The van der Waals surface area contributed by atoms with Gasteiger partial charge in [-0.1, -0.05) is 19.3 Å². The van der Waals surface area contributed by atoms with Crippen LogP contribution in [0.2, 0.25) is 0 Å². The quantitative estimate of drug-likeness (QED) is 0.757. The summed E-state index contributed by atoms with van der Waals surface area (Å²) in [6.45, 7) is 1.87. The summed E-state index contributed by atoms with van der Waals surface area (Å²) in [7, 11) is -3.46. The Morgan fingerprint density at radius 3 is 2.47 bits per heavy atom. The molecule has 0 aromatic carbocycles. The summed E-state index contributed by atoms with van der Waals surface area (Å²) in [5.74, 6) is -1.02. The van der Waals surface area contributed by atoms with Gasteiger partial charge in [0.2, 0.25) is 10.0 Å². The standard InChI is InChI=1S/C11H21NO4S/c1-9(10-5-3-2-4-6-10)12-17(15,16)8-7-11(13)14/h9-10,12H,2-8H2,1H3,(H,13,14). The second kappa shape index (κ2) is 6.35. The third-order valence-electron chi connectivity index (χ3n) is 3.31. The molecule has 1 aliphatic rings. The van der Waals surface area contributed by atoms with Crippen LogP contribution in [-0.4, -0.2) is 31.3 Å². The van der Waals surface area contributed by atoms with E-state index in [0.717, 1.165) is 25.7 Å². The highest BCUT2D eigenvalue weighted by atomic mass is 32.2. The van der Waals surface area contributed by atoms with Crippen molar-refractivity contribution in [2.24, 2.45) is 5.92 Å². The Hall–Kier alpha value is -0.620. The predicted octanol–water partition coefficient (Wildman–Crippen LogP) is 1.35. The molecule has 0 amide bonds. The van der Waals surface area contributed by atoms with E-state index in [0.29, 0.717) is 5.92 Å². The highest BCUT2D eigenvalue weighted by Crippen LogP contribution is 2.26. The normalized spacial score (nSPS) is 20.1. The molecule has 1 aliphatic carbocycles. The summed E-state index contributed by atoms with van der Waals surface area (Å²) in [4.78, 5) is 10.3. The molecule has 17 heavy (non-hydrogen) atoms. The van der Waals surface area contributed by atoms with Gasteiger partial charge in [-0.2, -0.15) is 0 Å². The Morgan fingerprint density at radius 2 is 1.94 bits per heavy atom. The lowest BCUT2D eigenvalue weighted by atomic mass is 9.85. The van der Waals surface area contributed by atoms with Gasteiger partial charge in [-0.3, -0.25) is 4.79 Å². The Labute approximate surface area is 103 Å². The summed E-state index contributed by atoms with van der Waals surface area (Å²) in [5.41, 5.74) is 0. The van der Waals surface area contributed by atoms with Crippen LogP contribution in [0.1, 0.15) is 45.4 Å². The number of rotatable bonds is 6. The second-order valence-corrected chi connectivity index (χ2v) is 6.64. The number of nitrogens with one attached hydrogen (secondary N) is 1. The average Bonchev–Trinajstić information content (AvgIpc) is 2.27. The molecule has 1 saturated carbocycles. The highest BCUT2D eigenvalue weighted by molar-refractivity contribution is 7.89. The molecule has 6 heteroatoms. The molecule has 0 radical (unpaired) electrons. The molecule has 0 saturated heterocycles. The Bertz CT molecular complexity index is 346. The van der Waals surface area contributed by atoms with E-state index in [1.54, 1.807) is 0 Å². The summed E-state index contributed by atoms with van der Waals surface area (Å²) in [6, 6.07) is -0.0888.